The molecule has 0 radical (unpaired) electrons. The minimum atomic E-state index is -0.469. The van der Waals surface area contributed by atoms with E-state index in [0.717, 1.165) is 5.56 Å². The van der Waals surface area contributed by atoms with E-state index in [4.69, 9.17) is 10.00 Å². The fraction of sp³-hybridized carbons (Fsp3) is 0.417. The molecule has 1 rings (SSSR count). The Kier molecular flexibility index (Phi) is 5.61. The van der Waals surface area contributed by atoms with E-state index >= 15 is 0 Å². The molecule has 0 saturated carbocycles. The Hall–Kier alpha value is -2.13. The molecule has 6 heteroatoms. The van der Waals surface area contributed by atoms with Crippen molar-refractivity contribution in [3.63, 3.8) is 0 Å². The Morgan fingerprint density at radius 2 is 2.33 bits per heavy atom. The zero-order chi connectivity index (χ0) is 13.4. The van der Waals surface area contributed by atoms with E-state index in [1.165, 1.54) is 6.07 Å². The van der Waals surface area contributed by atoms with Crippen LogP contribution in [0.4, 0.5) is 5.69 Å². The van der Waals surface area contributed by atoms with E-state index in [9.17, 15) is 10.1 Å². The number of benzene rings is 1. The standard InChI is InChI=1S/C12H15N3O3/c1-14-9-10-4-5-11(15(16)17)12(8-10)18-7-3-2-6-13/h4-5,8,14H,2-3,7,9H2,1H3. The van der Waals surface area contributed by atoms with Crippen LogP contribution >= 0.6 is 0 Å². The van der Waals surface area contributed by atoms with Crippen LogP contribution in [0.3, 0.4) is 0 Å². The molecule has 1 N–H and O–H groups in total. The highest BCUT2D eigenvalue weighted by Crippen LogP contribution is 2.28. The average Bonchev–Trinajstić information content (AvgIpc) is 2.35. The molecule has 0 spiro atoms. The van der Waals surface area contributed by atoms with Crippen molar-refractivity contribution in [3.8, 4) is 11.8 Å². The van der Waals surface area contributed by atoms with Crippen molar-refractivity contribution in [2.75, 3.05) is 13.7 Å². The van der Waals surface area contributed by atoms with Gasteiger partial charge in [-0.25, -0.2) is 0 Å². The van der Waals surface area contributed by atoms with Crippen LogP contribution in [0.5, 0.6) is 5.75 Å². The van der Waals surface area contributed by atoms with Crippen molar-refractivity contribution < 1.29 is 9.66 Å². The third-order valence-electron chi connectivity index (χ3n) is 2.29. The fourth-order valence-corrected chi connectivity index (χ4v) is 1.47. The predicted octanol–water partition coefficient (Wildman–Crippen LogP) is 2.00. The number of nitrogens with one attached hydrogen (secondary N) is 1. The third-order valence-corrected chi connectivity index (χ3v) is 2.29. The molecule has 18 heavy (non-hydrogen) atoms. The van der Waals surface area contributed by atoms with Crippen molar-refractivity contribution in [1.29, 1.82) is 5.26 Å². The van der Waals surface area contributed by atoms with Gasteiger partial charge in [0.1, 0.15) is 0 Å². The van der Waals surface area contributed by atoms with Crippen molar-refractivity contribution >= 4 is 5.69 Å². The molecule has 0 fully saturated rings. The lowest BCUT2D eigenvalue weighted by atomic mass is 10.2. The number of nitro groups is 1. The SMILES string of the molecule is CNCc1ccc([N+](=O)[O-])c(OCCCC#N)c1. The van der Waals surface area contributed by atoms with Crippen LogP contribution in [-0.2, 0) is 6.54 Å². The van der Waals surface area contributed by atoms with E-state index in [1.807, 2.05) is 6.07 Å². The van der Waals surface area contributed by atoms with Gasteiger partial charge in [-0.1, -0.05) is 6.07 Å². The zero-order valence-electron chi connectivity index (χ0n) is 10.2. The molecule has 0 amide bonds. The summed E-state index contributed by atoms with van der Waals surface area (Å²) in [4.78, 5) is 10.4. The predicted molar refractivity (Wildman–Crippen MR) is 66.2 cm³/mol. The summed E-state index contributed by atoms with van der Waals surface area (Å²) in [6, 6.07) is 6.78. The van der Waals surface area contributed by atoms with Crippen LogP contribution in [-0.4, -0.2) is 18.6 Å². The van der Waals surface area contributed by atoms with Gasteiger partial charge in [0.25, 0.3) is 0 Å². The number of hydrogen-bond donors (Lipinski definition) is 1. The molecule has 0 bridgehead atoms. The number of nitriles is 1. The summed E-state index contributed by atoms with van der Waals surface area (Å²) in [7, 11) is 1.80. The van der Waals surface area contributed by atoms with Gasteiger partial charge in [0.15, 0.2) is 5.75 Å². The van der Waals surface area contributed by atoms with Crippen LogP contribution in [0.15, 0.2) is 18.2 Å². The summed E-state index contributed by atoms with van der Waals surface area (Å²) in [5.74, 6) is 0.255. The van der Waals surface area contributed by atoms with Gasteiger partial charge >= 0.3 is 5.69 Å². The molecule has 96 valence electrons. The molecule has 0 aliphatic rings. The normalized spacial score (nSPS) is 9.78. The van der Waals surface area contributed by atoms with Crippen LogP contribution in [0, 0.1) is 21.4 Å². The minimum absolute atomic E-state index is 0.0492. The van der Waals surface area contributed by atoms with Gasteiger partial charge < -0.3 is 10.1 Å². The molecule has 1 aromatic rings. The van der Waals surface area contributed by atoms with Gasteiger partial charge in [0, 0.05) is 19.0 Å². The minimum Gasteiger partial charge on any atom is -0.487 e. The summed E-state index contributed by atoms with van der Waals surface area (Å²) >= 11 is 0. The third kappa shape index (κ3) is 4.03. The van der Waals surface area contributed by atoms with E-state index in [1.54, 1.807) is 19.2 Å². The summed E-state index contributed by atoms with van der Waals surface area (Å²) in [5, 5.41) is 22.2. The molecule has 0 saturated heterocycles. The van der Waals surface area contributed by atoms with Crippen LogP contribution in [0.1, 0.15) is 18.4 Å². The van der Waals surface area contributed by atoms with Crippen LogP contribution in [0.25, 0.3) is 0 Å². The maximum atomic E-state index is 10.8. The van der Waals surface area contributed by atoms with E-state index in [2.05, 4.69) is 5.32 Å². The Balaban J connectivity index is 2.79. The quantitative estimate of drug-likeness (QED) is 0.453. The molecular weight excluding hydrogens is 234 g/mol. The second-order valence-corrected chi connectivity index (χ2v) is 3.70. The fourth-order valence-electron chi connectivity index (χ4n) is 1.47. The molecule has 0 aliphatic heterocycles. The highest BCUT2D eigenvalue weighted by molar-refractivity contribution is 5.48. The van der Waals surface area contributed by atoms with Gasteiger partial charge in [-0.05, 0) is 25.1 Å². The zero-order valence-corrected chi connectivity index (χ0v) is 10.2. The molecule has 0 aliphatic carbocycles. The second-order valence-electron chi connectivity index (χ2n) is 3.70. The number of unbranched alkanes of at least 4 members (excludes halogenated alkanes) is 1. The Bertz CT molecular complexity index is 454. The molecule has 0 atom stereocenters. The molecule has 0 heterocycles. The van der Waals surface area contributed by atoms with Gasteiger partial charge in [-0.3, -0.25) is 10.1 Å². The number of ether oxygens (including phenoxy) is 1. The highest BCUT2D eigenvalue weighted by atomic mass is 16.6. The first kappa shape index (κ1) is 13.9. The van der Waals surface area contributed by atoms with E-state index < -0.39 is 4.92 Å². The largest absolute Gasteiger partial charge is 0.487 e. The first-order chi connectivity index (χ1) is 8.69. The average molecular weight is 249 g/mol. The van der Waals surface area contributed by atoms with Crippen molar-refractivity contribution in [2.24, 2.45) is 0 Å². The highest BCUT2D eigenvalue weighted by Gasteiger charge is 2.15. The van der Waals surface area contributed by atoms with Gasteiger partial charge in [0.05, 0.1) is 17.6 Å². The van der Waals surface area contributed by atoms with Crippen LogP contribution < -0.4 is 10.1 Å². The van der Waals surface area contributed by atoms with Crippen molar-refractivity contribution in [2.45, 2.75) is 19.4 Å². The lowest BCUT2D eigenvalue weighted by Gasteiger charge is -2.08. The summed E-state index contributed by atoms with van der Waals surface area (Å²) in [6.07, 6.45) is 0.938. The molecule has 6 nitrogen and oxygen atoms in total. The Labute approximate surface area is 105 Å². The molecule has 0 unspecified atom stereocenters. The first-order valence-corrected chi connectivity index (χ1v) is 5.60. The lowest BCUT2D eigenvalue weighted by molar-refractivity contribution is -0.385. The smallest absolute Gasteiger partial charge is 0.310 e. The number of rotatable bonds is 7. The monoisotopic (exact) mass is 249 g/mol. The van der Waals surface area contributed by atoms with Gasteiger partial charge in [0.2, 0.25) is 0 Å². The summed E-state index contributed by atoms with van der Waals surface area (Å²) in [6.45, 7) is 0.921. The van der Waals surface area contributed by atoms with Gasteiger partial charge in [-0.2, -0.15) is 5.26 Å². The second kappa shape index (κ2) is 7.25. The molecule has 0 aromatic heterocycles. The van der Waals surface area contributed by atoms with Crippen molar-refractivity contribution in [1.82, 2.24) is 5.32 Å². The maximum absolute atomic E-state index is 10.8. The number of hydrogen-bond acceptors (Lipinski definition) is 5. The first-order valence-electron chi connectivity index (χ1n) is 5.60. The molecular formula is C12H15N3O3. The Morgan fingerprint density at radius 1 is 1.56 bits per heavy atom. The molecule has 1 aromatic carbocycles. The number of nitro benzene ring substituents is 1. The Morgan fingerprint density at radius 3 is 2.94 bits per heavy atom. The summed E-state index contributed by atoms with van der Waals surface area (Å²) < 4.78 is 5.37. The van der Waals surface area contributed by atoms with E-state index in [0.29, 0.717) is 26.0 Å². The van der Waals surface area contributed by atoms with Crippen molar-refractivity contribution in [3.05, 3.63) is 33.9 Å². The van der Waals surface area contributed by atoms with Crippen LogP contribution in [0.2, 0.25) is 0 Å². The lowest BCUT2D eigenvalue weighted by Crippen LogP contribution is -2.06. The van der Waals surface area contributed by atoms with Gasteiger partial charge in [-0.15, -0.1) is 0 Å². The number of nitrogens with zero attached hydrogens (tertiary/aromatic N) is 2. The summed E-state index contributed by atoms with van der Waals surface area (Å²) in [5.41, 5.74) is 0.866. The maximum Gasteiger partial charge on any atom is 0.310 e. The topological polar surface area (TPSA) is 88.2 Å². The van der Waals surface area contributed by atoms with E-state index in [-0.39, 0.29) is 11.4 Å².